The number of phenolic OH excluding ortho intramolecular Hbond substituents is 1. The van der Waals surface area contributed by atoms with E-state index in [4.69, 9.17) is 5.73 Å². The van der Waals surface area contributed by atoms with E-state index in [9.17, 15) is 9.90 Å². The van der Waals surface area contributed by atoms with E-state index in [1.807, 2.05) is 20.8 Å². The number of phenols is 1. The number of aromatic hydroxyl groups is 1. The number of benzene rings is 1. The number of amides is 1. The minimum atomic E-state index is -0.268. The second-order valence-electron chi connectivity index (χ2n) is 4.61. The molecule has 0 fully saturated rings. The number of nitrogens with one attached hydrogen (secondary N) is 1. The summed E-state index contributed by atoms with van der Waals surface area (Å²) in [7, 11) is 0. The van der Waals surface area contributed by atoms with E-state index >= 15 is 0 Å². The van der Waals surface area contributed by atoms with Crippen LogP contribution in [0.3, 0.4) is 0 Å². The van der Waals surface area contributed by atoms with Crippen molar-refractivity contribution in [3.05, 3.63) is 29.3 Å². The van der Waals surface area contributed by atoms with E-state index in [2.05, 4.69) is 5.32 Å². The van der Waals surface area contributed by atoms with Gasteiger partial charge in [-0.25, -0.2) is 0 Å². The first-order chi connectivity index (χ1) is 7.90. The van der Waals surface area contributed by atoms with Gasteiger partial charge in [-0.1, -0.05) is 6.07 Å². The Kier molecular flexibility index (Phi) is 4.52. The van der Waals surface area contributed by atoms with Crippen LogP contribution in [0, 0.1) is 6.92 Å². The number of nitrogens with two attached hydrogens (primary N) is 1. The Bertz CT molecular complexity index is 402. The molecule has 0 saturated carbocycles. The Morgan fingerprint density at radius 3 is 2.65 bits per heavy atom. The molecule has 1 aromatic carbocycles. The van der Waals surface area contributed by atoms with Gasteiger partial charge in [-0.2, -0.15) is 0 Å². The Balaban J connectivity index is 2.70. The van der Waals surface area contributed by atoms with E-state index < -0.39 is 0 Å². The van der Waals surface area contributed by atoms with Gasteiger partial charge in [0.15, 0.2) is 0 Å². The highest BCUT2D eigenvalue weighted by molar-refractivity contribution is 5.97. The van der Waals surface area contributed by atoms with Crippen molar-refractivity contribution in [3.63, 3.8) is 0 Å². The van der Waals surface area contributed by atoms with Gasteiger partial charge in [0.2, 0.25) is 0 Å². The monoisotopic (exact) mass is 236 g/mol. The van der Waals surface area contributed by atoms with Crippen molar-refractivity contribution in [3.8, 4) is 5.75 Å². The quantitative estimate of drug-likeness (QED) is 0.742. The van der Waals surface area contributed by atoms with Crippen LogP contribution >= 0.6 is 0 Å². The van der Waals surface area contributed by atoms with Crippen LogP contribution in [0.2, 0.25) is 0 Å². The molecule has 0 aliphatic carbocycles. The van der Waals surface area contributed by atoms with E-state index in [0.717, 1.165) is 5.56 Å². The first-order valence-corrected chi connectivity index (χ1v) is 5.76. The van der Waals surface area contributed by atoms with E-state index in [-0.39, 0.29) is 23.7 Å². The van der Waals surface area contributed by atoms with Gasteiger partial charge in [-0.3, -0.25) is 4.79 Å². The molecule has 4 N–H and O–H groups in total. The largest absolute Gasteiger partial charge is 0.507 e. The molecular formula is C13H20N2O2. The Morgan fingerprint density at radius 1 is 1.47 bits per heavy atom. The lowest BCUT2D eigenvalue weighted by Gasteiger charge is -2.16. The third-order valence-corrected chi connectivity index (χ3v) is 2.50. The van der Waals surface area contributed by atoms with Gasteiger partial charge < -0.3 is 16.2 Å². The number of carbonyl (C=O) groups excluding carboxylic acids is 1. The van der Waals surface area contributed by atoms with Crippen molar-refractivity contribution in [1.82, 2.24) is 5.32 Å². The minimum Gasteiger partial charge on any atom is -0.507 e. The van der Waals surface area contributed by atoms with E-state index in [1.54, 1.807) is 18.2 Å². The normalized spacial score (nSPS) is 14.1. The molecule has 0 bridgehead atoms. The summed E-state index contributed by atoms with van der Waals surface area (Å²) in [6.45, 7) is 5.65. The lowest BCUT2D eigenvalue weighted by Crippen LogP contribution is -2.36. The van der Waals surface area contributed by atoms with Gasteiger partial charge in [-0.05, 0) is 44.9 Å². The molecule has 2 unspecified atom stereocenters. The van der Waals surface area contributed by atoms with Gasteiger partial charge in [0, 0.05) is 12.1 Å². The molecule has 0 aliphatic heterocycles. The van der Waals surface area contributed by atoms with Crippen LogP contribution in [0.15, 0.2) is 18.2 Å². The smallest absolute Gasteiger partial charge is 0.255 e. The van der Waals surface area contributed by atoms with Crippen LogP contribution in [0.5, 0.6) is 5.75 Å². The van der Waals surface area contributed by atoms with Crippen LogP contribution < -0.4 is 11.1 Å². The lowest BCUT2D eigenvalue weighted by atomic mass is 10.1. The maximum Gasteiger partial charge on any atom is 0.255 e. The summed E-state index contributed by atoms with van der Waals surface area (Å²) in [6.07, 6.45) is 0.707. The predicted octanol–water partition coefficient (Wildman–Crippen LogP) is 1.56. The fraction of sp³-hybridized carbons (Fsp3) is 0.462. The molecule has 1 amide bonds. The van der Waals surface area contributed by atoms with Crippen molar-refractivity contribution in [1.29, 1.82) is 0 Å². The summed E-state index contributed by atoms with van der Waals surface area (Å²) >= 11 is 0. The van der Waals surface area contributed by atoms with Crippen molar-refractivity contribution < 1.29 is 9.90 Å². The van der Waals surface area contributed by atoms with Gasteiger partial charge in [0.05, 0.1) is 5.56 Å². The van der Waals surface area contributed by atoms with Crippen LogP contribution in [0.4, 0.5) is 0 Å². The number of carbonyl (C=O) groups is 1. The molecule has 1 rings (SSSR count). The van der Waals surface area contributed by atoms with Gasteiger partial charge >= 0.3 is 0 Å². The van der Waals surface area contributed by atoms with Crippen molar-refractivity contribution in [2.45, 2.75) is 39.3 Å². The topological polar surface area (TPSA) is 75.4 Å². The van der Waals surface area contributed by atoms with E-state index in [0.29, 0.717) is 12.0 Å². The molecule has 0 aliphatic rings. The second kappa shape index (κ2) is 5.68. The SMILES string of the molecule is Cc1ccc(C(=O)NC(C)CC(C)N)c(O)c1. The fourth-order valence-electron chi connectivity index (χ4n) is 1.75. The molecule has 0 spiro atoms. The average Bonchev–Trinajstić information content (AvgIpc) is 2.15. The van der Waals surface area contributed by atoms with Crippen LogP contribution in [-0.4, -0.2) is 23.1 Å². The second-order valence-corrected chi connectivity index (χ2v) is 4.61. The summed E-state index contributed by atoms with van der Waals surface area (Å²) in [4.78, 5) is 11.9. The molecule has 17 heavy (non-hydrogen) atoms. The Morgan fingerprint density at radius 2 is 2.12 bits per heavy atom. The molecule has 4 heteroatoms. The number of rotatable bonds is 4. The molecule has 1 aromatic rings. The molecule has 94 valence electrons. The molecule has 4 nitrogen and oxygen atoms in total. The summed E-state index contributed by atoms with van der Waals surface area (Å²) in [5, 5.41) is 12.5. The van der Waals surface area contributed by atoms with Crippen molar-refractivity contribution in [2.75, 3.05) is 0 Å². The Hall–Kier alpha value is -1.55. The fourth-order valence-corrected chi connectivity index (χ4v) is 1.75. The van der Waals surface area contributed by atoms with Crippen LogP contribution in [-0.2, 0) is 0 Å². The number of hydrogen-bond acceptors (Lipinski definition) is 3. The minimum absolute atomic E-state index is 0.00972. The molecule has 0 saturated heterocycles. The van der Waals surface area contributed by atoms with E-state index in [1.165, 1.54) is 0 Å². The van der Waals surface area contributed by atoms with Crippen LogP contribution in [0.25, 0.3) is 0 Å². The van der Waals surface area contributed by atoms with Crippen molar-refractivity contribution >= 4 is 5.91 Å². The third kappa shape index (κ3) is 4.07. The highest BCUT2D eigenvalue weighted by Gasteiger charge is 2.14. The first kappa shape index (κ1) is 13.5. The van der Waals surface area contributed by atoms with Crippen LogP contribution in [0.1, 0.15) is 36.2 Å². The zero-order chi connectivity index (χ0) is 13.0. The Labute approximate surface area is 102 Å². The average molecular weight is 236 g/mol. The zero-order valence-electron chi connectivity index (χ0n) is 10.5. The number of aryl methyl sites for hydroxylation is 1. The number of hydrogen-bond donors (Lipinski definition) is 3. The van der Waals surface area contributed by atoms with Gasteiger partial charge in [0.1, 0.15) is 5.75 Å². The van der Waals surface area contributed by atoms with Crippen molar-refractivity contribution in [2.24, 2.45) is 5.73 Å². The molecule has 0 aromatic heterocycles. The highest BCUT2D eigenvalue weighted by Crippen LogP contribution is 2.18. The van der Waals surface area contributed by atoms with Gasteiger partial charge in [-0.15, -0.1) is 0 Å². The molecule has 0 heterocycles. The standard InChI is InChI=1S/C13H20N2O2/c1-8-4-5-11(12(16)6-8)13(17)15-10(3)7-9(2)14/h4-6,9-10,16H,7,14H2,1-3H3,(H,15,17). The van der Waals surface area contributed by atoms with Gasteiger partial charge in [0.25, 0.3) is 5.91 Å². The zero-order valence-corrected chi connectivity index (χ0v) is 10.5. The molecule has 2 atom stereocenters. The summed E-state index contributed by atoms with van der Waals surface area (Å²) < 4.78 is 0. The maximum atomic E-state index is 11.9. The highest BCUT2D eigenvalue weighted by atomic mass is 16.3. The summed E-state index contributed by atoms with van der Waals surface area (Å²) in [5.74, 6) is -0.258. The predicted molar refractivity (Wildman–Crippen MR) is 68.0 cm³/mol. The molecular weight excluding hydrogens is 216 g/mol. The summed E-state index contributed by atoms with van der Waals surface area (Å²) in [5.41, 5.74) is 6.87. The first-order valence-electron chi connectivity index (χ1n) is 5.76. The maximum absolute atomic E-state index is 11.9. The lowest BCUT2D eigenvalue weighted by molar-refractivity contribution is 0.0935. The summed E-state index contributed by atoms with van der Waals surface area (Å²) in [6, 6.07) is 5.02. The third-order valence-electron chi connectivity index (χ3n) is 2.50. The molecule has 0 radical (unpaired) electrons.